The van der Waals surface area contributed by atoms with Crippen LogP contribution >= 0.6 is 15.9 Å². The molecule has 0 amide bonds. The minimum Gasteiger partial charge on any atom is -0.497 e. The van der Waals surface area contributed by atoms with Gasteiger partial charge in [0.15, 0.2) is 0 Å². The van der Waals surface area contributed by atoms with Crippen LogP contribution in [0.5, 0.6) is 5.75 Å². The monoisotopic (exact) mass is 335 g/mol. The summed E-state index contributed by atoms with van der Waals surface area (Å²) >= 11 is 3.44. The van der Waals surface area contributed by atoms with Crippen molar-refractivity contribution in [3.8, 4) is 5.75 Å². The Bertz CT molecular complexity index is 567. The molecule has 0 aliphatic carbocycles. The highest BCUT2D eigenvalue weighted by Crippen LogP contribution is 2.33. The van der Waals surface area contributed by atoms with Gasteiger partial charge in [0.25, 0.3) is 0 Å². The Morgan fingerprint density at radius 2 is 2.15 bits per heavy atom. The second-order valence-corrected chi connectivity index (χ2v) is 6.00. The summed E-state index contributed by atoms with van der Waals surface area (Å²) in [5, 5.41) is 4.34. The summed E-state index contributed by atoms with van der Waals surface area (Å²) in [7, 11) is 1.70. The van der Waals surface area contributed by atoms with Crippen molar-refractivity contribution in [2.45, 2.75) is 25.6 Å². The van der Waals surface area contributed by atoms with Crippen molar-refractivity contribution in [1.82, 2.24) is 14.7 Å². The number of halogens is 1. The van der Waals surface area contributed by atoms with Gasteiger partial charge >= 0.3 is 0 Å². The molecule has 3 rings (SSSR count). The number of benzene rings is 1. The number of likely N-dealkylation sites (tertiary alicyclic amines) is 1. The average Bonchev–Trinajstić information content (AvgIpc) is 3.09. The maximum Gasteiger partial charge on any atom is 0.118 e. The van der Waals surface area contributed by atoms with Crippen molar-refractivity contribution in [3.05, 3.63) is 46.7 Å². The molecule has 0 N–H and O–H groups in total. The van der Waals surface area contributed by atoms with Crippen molar-refractivity contribution in [2.24, 2.45) is 0 Å². The fourth-order valence-electron chi connectivity index (χ4n) is 2.80. The Morgan fingerprint density at radius 3 is 2.80 bits per heavy atom. The quantitative estimate of drug-likeness (QED) is 0.857. The lowest BCUT2D eigenvalue weighted by Gasteiger charge is -2.24. The van der Waals surface area contributed by atoms with Gasteiger partial charge in [0.2, 0.25) is 0 Å². The van der Waals surface area contributed by atoms with Crippen molar-refractivity contribution in [1.29, 1.82) is 0 Å². The van der Waals surface area contributed by atoms with Gasteiger partial charge in [-0.25, -0.2) is 0 Å². The van der Waals surface area contributed by atoms with E-state index in [-0.39, 0.29) is 0 Å². The number of rotatable bonds is 4. The standard InChI is InChI=1S/C15H18BrN3O/c1-20-14-6-4-12(5-7-14)15-3-2-8-18(15)11-19-10-13(16)9-17-19/h4-7,9-10,15H,2-3,8,11H2,1H3. The Labute approximate surface area is 127 Å². The number of aromatic nitrogens is 2. The number of nitrogens with zero attached hydrogens (tertiary/aromatic N) is 3. The van der Waals surface area contributed by atoms with E-state index < -0.39 is 0 Å². The molecule has 0 radical (unpaired) electrons. The van der Waals surface area contributed by atoms with Crippen molar-refractivity contribution in [2.75, 3.05) is 13.7 Å². The molecule has 0 bridgehead atoms. The van der Waals surface area contributed by atoms with Crippen LogP contribution in [0, 0.1) is 0 Å². The molecule has 1 atom stereocenters. The molecule has 1 aliphatic heterocycles. The number of ether oxygens (including phenoxy) is 1. The average molecular weight is 336 g/mol. The van der Waals surface area contributed by atoms with Crippen LogP contribution in [0.1, 0.15) is 24.4 Å². The fraction of sp³-hybridized carbons (Fsp3) is 0.400. The van der Waals surface area contributed by atoms with Gasteiger partial charge in [0, 0.05) is 18.8 Å². The van der Waals surface area contributed by atoms with Gasteiger partial charge in [-0.1, -0.05) is 12.1 Å². The summed E-state index contributed by atoms with van der Waals surface area (Å²) in [6, 6.07) is 8.89. The molecule has 0 spiro atoms. The maximum absolute atomic E-state index is 5.22. The SMILES string of the molecule is COc1ccc(C2CCCN2Cn2cc(Br)cn2)cc1. The lowest BCUT2D eigenvalue weighted by molar-refractivity contribution is 0.191. The molecule has 0 saturated carbocycles. The first kappa shape index (κ1) is 13.6. The van der Waals surface area contributed by atoms with E-state index in [1.165, 1.54) is 18.4 Å². The van der Waals surface area contributed by atoms with E-state index in [2.05, 4.69) is 38.1 Å². The zero-order valence-corrected chi connectivity index (χ0v) is 13.1. The molecular weight excluding hydrogens is 318 g/mol. The topological polar surface area (TPSA) is 30.3 Å². The summed E-state index contributed by atoms with van der Waals surface area (Å²) in [5.74, 6) is 0.911. The van der Waals surface area contributed by atoms with Crippen LogP contribution in [0.4, 0.5) is 0 Å². The van der Waals surface area contributed by atoms with Crippen LogP contribution in [0.15, 0.2) is 41.1 Å². The summed E-state index contributed by atoms with van der Waals surface area (Å²) in [6.07, 6.45) is 6.29. The second-order valence-electron chi connectivity index (χ2n) is 5.08. The van der Waals surface area contributed by atoms with Crippen LogP contribution in [0.2, 0.25) is 0 Å². The van der Waals surface area contributed by atoms with E-state index in [9.17, 15) is 0 Å². The van der Waals surface area contributed by atoms with Crippen molar-refractivity contribution in [3.63, 3.8) is 0 Å². The number of methoxy groups -OCH3 is 1. The van der Waals surface area contributed by atoms with Crippen LogP contribution in [-0.4, -0.2) is 28.3 Å². The van der Waals surface area contributed by atoms with Gasteiger partial charge < -0.3 is 4.74 Å². The second kappa shape index (κ2) is 5.97. The first-order valence-corrected chi connectivity index (χ1v) is 7.61. The Hall–Kier alpha value is -1.33. The molecule has 1 aromatic heterocycles. The van der Waals surface area contributed by atoms with E-state index in [0.29, 0.717) is 6.04 Å². The minimum absolute atomic E-state index is 0.476. The van der Waals surface area contributed by atoms with E-state index in [4.69, 9.17) is 4.74 Å². The predicted octanol–water partition coefficient (Wildman–Crippen LogP) is 3.45. The Kier molecular flexibility index (Phi) is 4.08. The highest BCUT2D eigenvalue weighted by atomic mass is 79.9. The summed E-state index contributed by atoms with van der Waals surface area (Å²) in [4.78, 5) is 2.47. The molecule has 4 nitrogen and oxygen atoms in total. The van der Waals surface area contributed by atoms with E-state index in [1.807, 2.05) is 29.2 Å². The molecule has 1 fully saturated rings. The zero-order valence-electron chi connectivity index (χ0n) is 11.5. The first-order chi connectivity index (χ1) is 9.76. The van der Waals surface area contributed by atoms with Crippen molar-refractivity contribution < 1.29 is 4.74 Å². The van der Waals surface area contributed by atoms with Crippen LogP contribution in [0.25, 0.3) is 0 Å². The molecule has 1 saturated heterocycles. The lowest BCUT2D eigenvalue weighted by atomic mass is 10.0. The van der Waals surface area contributed by atoms with Gasteiger partial charge in [-0.05, 0) is 46.5 Å². The summed E-state index contributed by atoms with van der Waals surface area (Å²) < 4.78 is 8.23. The highest BCUT2D eigenvalue weighted by molar-refractivity contribution is 9.10. The maximum atomic E-state index is 5.22. The third kappa shape index (κ3) is 2.88. The molecule has 106 valence electrons. The van der Waals surface area contributed by atoms with Gasteiger partial charge in [-0.3, -0.25) is 9.58 Å². The molecule has 2 heterocycles. The number of hydrogen-bond acceptors (Lipinski definition) is 3. The zero-order chi connectivity index (χ0) is 13.9. The van der Waals surface area contributed by atoms with Crippen LogP contribution in [-0.2, 0) is 6.67 Å². The van der Waals surface area contributed by atoms with E-state index in [1.54, 1.807) is 7.11 Å². The third-order valence-electron chi connectivity index (χ3n) is 3.79. The minimum atomic E-state index is 0.476. The van der Waals surface area contributed by atoms with Gasteiger partial charge in [-0.15, -0.1) is 0 Å². The van der Waals surface area contributed by atoms with Crippen LogP contribution < -0.4 is 4.74 Å². The normalized spacial score (nSPS) is 19.4. The lowest BCUT2D eigenvalue weighted by Crippen LogP contribution is -2.26. The molecule has 1 aliphatic rings. The van der Waals surface area contributed by atoms with Gasteiger partial charge in [0.1, 0.15) is 5.75 Å². The fourth-order valence-corrected chi connectivity index (χ4v) is 3.13. The predicted molar refractivity (Wildman–Crippen MR) is 81.6 cm³/mol. The highest BCUT2D eigenvalue weighted by Gasteiger charge is 2.26. The molecule has 5 heteroatoms. The molecule has 2 aromatic rings. The van der Waals surface area contributed by atoms with Gasteiger partial charge in [-0.2, -0.15) is 5.10 Å². The summed E-state index contributed by atoms with van der Waals surface area (Å²) in [5.41, 5.74) is 1.36. The van der Waals surface area contributed by atoms with Crippen LogP contribution in [0.3, 0.4) is 0 Å². The van der Waals surface area contributed by atoms with E-state index >= 15 is 0 Å². The Balaban J connectivity index is 1.74. The number of hydrogen-bond donors (Lipinski definition) is 0. The smallest absolute Gasteiger partial charge is 0.118 e. The summed E-state index contributed by atoms with van der Waals surface area (Å²) in [6.45, 7) is 1.95. The largest absolute Gasteiger partial charge is 0.497 e. The molecule has 1 unspecified atom stereocenters. The molecule has 20 heavy (non-hydrogen) atoms. The first-order valence-electron chi connectivity index (χ1n) is 6.82. The molecule has 1 aromatic carbocycles. The molecular formula is C15H18BrN3O. The van der Waals surface area contributed by atoms with Gasteiger partial charge in [0.05, 0.1) is 24.4 Å². The van der Waals surface area contributed by atoms with E-state index in [0.717, 1.165) is 23.4 Å². The Morgan fingerprint density at radius 1 is 1.35 bits per heavy atom. The third-order valence-corrected chi connectivity index (χ3v) is 4.20. The van der Waals surface area contributed by atoms with Crippen molar-refractivity contribution >= 4 is 15.9 Å².